The summed E-state index contributed by atoms with van der Waals surface area (Å²) in [7, 11) is 0. The molecule has 0 unspecified atom stereocenters. The van der Waals surface area contributed by atoms with E-state index in [1.54, 1.807) is 25.1 Å². The average Bonchev–Trinajstić information content (AvgIpc) is 2.55. The van der Waals surface area contributed by atoms with Crippen LogP contribution in [0.25, 0.3) is 0 Å². The fourth-order valence-corrected chi connectivity index (χ4v) is 3.38. The van der Waals surface area contributed by atoms with E-state index >= 15 is 0 Å². The molecule has 0 atom stereocenters. The zero-order valence-electron chi connectivity index (χ0n) is 14.7. The zero-order valence-corrected chi connectivity index (χ0v) is 15.5. The van der Waals surface area contributed by atoms with Gasteiger partial charge in [0.1, 0.15) is 11.6 Å². The average molecular weight is 363 g/mol. The number of nitro groups is 1. The molecule has 134 valence electrons. The predicted molar refractivity (Wildman–Crippen MR) is 101 cm³/mol. The summed E-state index contributed by atoms with van der Waals surface area (Å²) >= 11 is 1.37. The van der Waals surface area contributed by atoms with Gasteiger partial charge in [-0.3, -0.25) is 10.1 Å². The Bertz CT molecular complexity index is 744. The number of hydrogen-bond donors (Lipinski definition) is 0. The van der Waals surface area contributed by atoms with E-state index in [1.807, 2.05) is 13.8 Å². The second-order valence-electron chi connectivity index (χ2n) is 5.82. The van der Waals surface area contributed by atoms with Gasteiger partial charge in [0.2, 0.25) is 0 Å². The minimum Gasteiger partial charge on any atom is -0.352 e. The molecule has 25 heavy (non-hydrogen) atoms. The van der Waals surface area contributed by atoms with E-state index in [0.29, 0.717) is 41.7 Å². The van der Waals surface area contributed by atoms with E-state index < -0.39 is 0 Å². The van der Waals surface area contributed by atoms with Crippen LogP contribution in [0.4, 0.5) is 15.9 Å². The summed E-state index contributed by atoms with van der Waals surface area (Å²) in [5.41, 5.74) is 1.67. The molecule has 0 fully saturated rings. The maximum Gasteiger partial charge on any atom is 0.304 e. The summed E-state index contributed by atoms with van der Waals surface area (Å²) in [6, 6.07) is 1.76. The van der Waals surface area contributed by atoms with Crippen molar-refractivity contribution in [3.8, 4) is 0 Å². The number of aromatic nitrogens is 1. The van der Waals surface area contributed by atoms with Gasteiger partial charge in [-0.05, 0) is 44.2 Å². The van der Waals surface area contributed by atoms with Crippen LogP contribution >= 0.6 is 11.8 Å². The summed E-state index contributed by atoms with van der Waals surface area (Å²) in [5.74, 6) is 1.16. The zero-order chi connectivity index (χ0) is 18.4. The van der Waals surface area contributed by atoms with Gasteiger partial charge in [0.25, 0.3) is 0 Å². The summed E-state index contributed by atoms with van der Waals surface area (Å²) in [6.45, 7) is 6.88. The topological polar surface area (TPSA) is 59.3 Å². The lowest BCUT2D eigenvalue weighted by molar-refractivity contribution is -0.388. The SMILES string of the molecule is CCSc1nc(N2CC/C=C/C(F)=C\C=C(/C)C2)cc(C)c1[N+](=O)[O-]. The molecular formula is C18H22FN3O2S. The van der Waals surface area contributed by atoms with E-state index in [4.69, 9.17) is 0 Å². The maximum atomic E-state index is 13.5. The Balaban J connectivity index is 2.42. The Morgan fingerprint density at radius 1 is 1.40 bits per heavy atom. The molecule has 1 aliphatic heterocycles. The smallest absolute Gasteiger partial charge is 0.304 e. The largest absolute Gasteiger partial charge is 0.352 e. The van der Waals surface area contributed by atoms with Gasteiger partial charge in [0, 0.05) is 18.7 Å². The second-order valence-corrected chi connectivity index (χ2v) is 7.07. The number of allylic oxidation sites excluding steroid dienone is 4. The van der Waals surface area contributed by atoms with Crippen LogP contribution in [-0.2, 0) is 0 Å². The molecule has 1 aliphatic rings. The van der Waals surface area contributed by atoms with Gasteiger partial charge in [-0.1, -0.05) is 36.4 Å². The molecule has 1 aromatic heterocycles. The van der Waals surface area contributed by atoms with Crippen molar-refractivity contribution in [2.45, 2.75) is 32.2 Å². The van der Waals surface area contributed by atoms with Crippen LogP contribution in [0.3, 0.4) is 0 Å². The first-order valence-corrected chi connectivity index (χ1v) is 9.14. The van der Waals surface area contributed by atoms with Crippen molar-refractivity contribution in [2.75, 3.05) is 23.7 Å². The summed E-state index contributed by atoms with van der Waals surface area (Å²) in [6.07, 6.45) is 7.11. The first-order valence-electron chi connectivity index (χ1n) is 8.15. The van der Waals surface area contributed by atoms with Gasteiger partial charge < -0.3 is 4.90 Å². The Hall–Kier alpha value is -2.15. The second kappa shape index (κ2) is 8.80. The number of aryl methyl sites for hydroxylation is 1. The van der Waals surface area contributed by atoms with Gasteiger partial charge in [-0.2, -0.15) is 0 Å². The Labute approximate surface area is 151 Å². The molecule has 0 radical (unpaired) electrons. The van der Waals surface area contributed by atoms with Gasteiger partial charge in [-0.25, -0.2) is 9.37 Å². The normalized spacial score (nSPS) is 21.0. The molecule has 0 saturated carbocycles. The monoisotopic (exact) mass is 363 g/mol. The molecule has 1 aromatic rings. The standard InChI is InChI=1S/C18H22FN3O2S/c1-4-25-18-17(22(23)24)14(3)11-16(20-18)21-10-6-5-7-15(19)9-8-13(2)12-21/h5,7-9,11H,4,6,10,12H2,1-3H3/b7-5+,13-8+,15-9+. The first kappa shape index (κ1) is 19.2. The van der Waals surface area contributed by atoms with Crippen LogP contribution in [0, 0.1) is 17.0 Å². The van der Waals surface area contributed by atoms with Crippen molar-refractivity contribution < 1.29 is 9.31 Å². The van der Waals surface area contributed by atoms with Crippen molar-refractivity contribution in [1.82, 2.24) is 4.98 Å². The Kier molecular flexibility index (Phi) is 6.75. The molecule has 0 aromatic carbocycles. The minimum absolute atomic E-state index is 0.0776. The quantitative estimate of drug-likeness (QED) is 0.429. The fourth-order valence-electron chi connectivity index (χ4n) is 2.57. The van der Waals surface area contributed by atoms with Crippen molar-refractivity contribution in [3.63, 3.8) is 0 Å². The molecular weight excluding hydrogens is 341 g/mol. The van der Waals surface area contributed by atoms with Gasteiger partial charge in [0.15, 0.2) is 5.03 Å². The number of thioether (sulfide) groups is 1. The minimum atomic E-state index is -0.367. The van der Waals surface area contributed by atoms with Crippen LogP contribution in [0.15, 0.2) is 46.8 Å². The van der Waals surface area contributed by atoms with Crippen molar-refractivity contribution in [2.24, 2.45) is 0 Å². The number of nitrogens with zero attached hydrogens (tertiary/aromatic N) is 3. The molecule has 0 spiro atoms. The van der Waals surface area contributed by atoms with Gasteiger partial charge in [0.05, 0.1) is 4.92 Å². The van der Waals surface area contributed by atoms with Crippen molar-refractivity contribution >= 4 is 23.3 Å². The summed E-state index contributed by atoms with van der Waals surface area (Å²) in [4.78, 5) is 17.6. The molecule has 2 heterocycles. The van der Waals surface area contributed by atoms with Gasteiger partial charge in [-0.15, -0.1) is 0 Å². The van der Waals surface area contributed by atoms with Crippen molar-refractivity contribution in [1.29, 1.82) is 0 Å². The number of rotatable bonds is 4. The third-order valence-electron chi connectivity index (χ3n) is 3.74. The number of halogens is 1. The van der Waals surface area contributed by atoms with E-state index in [1.165, 1.54) is 23.9 Å². The van der Waals surface area contributed by atoms with E-state index in [-0.39, 0.29) is 16.4 Å². The highest BCUT2D eigenvalue weighted by atomic mass is 32.2. The Morgan fingerprint density at radius 3 is 2.84 bits per heavy atom. The molecule has 0 N–H and O–H groups in total. The number of pyridine rings is 1. The molecule has 7 heteroatoms. The highest BCUT2D eigenvalue weighted by Gasteiger charge is 2.22. The number of hydrogen-bond acceptors (Lipinski definition) is 5. The van der Waals surface area contributed by atoms with Crippen LogP contribution in [0.5, 0.6) is 0 Å². The van der Waals surface area contributed by atoms with Crippen LogP contribution in [0.1, 0.15) is 25.8 Å². The summed E-state index contributed by atoms with van der Waals surface area (Å²) < 4.78 is 13.5. The van der Waals surface area contributed by atoms with Gasteiger partial charge >= 0.3 is 5.69 Å². The highest BCUT2D eigenvalue weighted by molar-refractivity contribution is 7.99. The predicted octanol–water partition coefficient (Wildman–Crippen LogP) is 4.98. The number of anilines is 1. The third-order valence-corrected chi connectivity index (χ3v) is 4.58. The third kappa shape index (κ3) is 5.16. The lowest BCUT2D eigenvalue weighted by Crippen LogP contribution is -2.27. The molecule has 5 nitrogen and oxygen atoms in total. The molecule has 0 aliphatic carbocycles. The molecule has 2 rings (SSSR count). The molecule has 0 amide bonds. The van der Waals surface area contributed by atoms with E-state index in [2.05, 4.69) is 9.88 Å². The molecule has 0 saturated heterocycles. The van der Waals surface area contributed by atoms with E-state index in [0.717, 1.165) is 5.57 Å². The van der Waals surface area contributed by atoms with E-state index in [9.17, 15) is 14.5 Å². The van der Waals surface area contributed by atoms with Crippen LogP contribution in [0.2, 0.25) is 0 Å². The van der Waals surface area contributed by atoms with Crippen LogP contribution in [-0.4, -0.2) is 28.7 Å². The first-order chi connectivity index (χ1) is 11.9. The lowest BCUT2D eigenvalue weighted by atomic mass is 10.2. The lowest BCUT2D eigenvalue weighted by Gasteiger charge is -2.25. The fraction of sp³-hybridized carbons (Fsp3) is 0.389. The highest BCUT2D eigenvalue weighted by Crippen LogP contribution is 2.33. The maximum absolute atomic E-state index is 13.5. The molecule has 0 bridgehead atoms. The Morgan fingerprint density at radius 2 is 2.16 bits per heavy atom. The van der Waals surface area contributed by atoms with Crippen molar-refractivity contribution in [3.05, 3.63) is 57.4 Å². The summed E-state index contributed by atoms with van der Waals surface area (Å²) in [5, 5.41) is 11.8. The van der Waals surface area contributed by atoms with Crippen LogP contribution < -0.4 is 4.90 Å².